The maximum absolute atomic E-state index is 5.16. The number of hydrogen-bond donors (Lipinski definition) is 1. The highest BCUT2D eigenvalue weighted by atomic mass is 32.1. The Kier molecular flexibility index (Phi) is 7.15. The van der Waals surface area contributed by atoms with Crippen LogP contribution in [0.15, 0.2) is 12.7 Å². The largest absolute Gasteiger partial charge is 0.471 e. The van der Waals surface area contributed by atoms with Crippen LogP contribution in [0.1, 0.15) is 19.8 Å². The molecule has 0 heterocycles. The minimum atomic E-state index is 0.471. The summed E-state index contributed by atoms with van der Waals surface area (Å²) < 4.78 is 5.16. The van der Waals surface area contributed by atoms with E-state index in [1.54, 1.807) is 6.08 Å². The highest BCUT2D eigenvalue weighted by Crippen LogP contribution is 1.88. The molecular weight excluding hydrogens is 158 g/mol. The summed E-state index contributed by atoms with van der Waals surface area (Å²) in [4.78, 5) is 0. The van der Waals surface area contributed by atoms with Crippen molar-refractivity contribution in [1.82, 2.24) is 5.32 Å². The first-order valence-corrected chi connectivity index (χ1v) is 4.23. The number of hydrogen-bond acceptors (Lipinski definition) is 2. The molecule has 0 spiro atoms. The molecule has 0 radical (unpaired) electrons. The van der Waals surface area contributed by atoms with E-state index in [1.807, 2.05) is 0 Å². The maximum atomic E-state index is 5.16. The minimum Gasteiger partial charge on any atom is -0.471 e. The molecular formula is C8H15NOS. The number of unbranched alkanes of at least 4 members (excludes halogenated alkanes) is 1. The summed E-state index contributed by atoms with van der Waals surface area (Å²) in [6, 6.07) is 0. The van der Waals surface area contributed by atoms with Crippen LogP contribution in [-0.2, 0) is 4.74 Å². The Hall–Kier alpha value is -0.570. The zero-order valence-electron chi connectivity index (χ0n) is 6.93. The molecule has 0 amide bonds. The summed E-state index contributed by atoms with van der Waals surface area (Å²) in [5, 5.41) is 3.35. The molecule has 0 rings (SSSR count). The van der Waals surface area contributed by atoms with Crippen LogP contribution in [0.2, 0.25) is 0 Å². The van der Waals surface area contributed by atoms with Gasteiger partial charge in [-0.1, -0.05) is 19.4 Å². The summed E-state index contributed by atoms with van der Waals surface area (Å²) in [6.07, 6.45) is 3.93. The summed E-state index contributed by atoms with van der Waals surface area (Å²) in [5.74, 6) is 0. The van der Waals surface area contributed by atoms with E-state index in [0.29, 0.717) is 18.3 Å². The van der Waals surface area contributed by atoms with Crippen molar-refractivity contribution < 1.29 is 4.74 Å². The molecule has 0 aliphatic rings. The van der Waals surface area contributed by atoms with Gasteiger partial charge in [-0.2, -0.15) is 0 Å². The fraction of sp³-hybridized carbons (Fsp3) is 0.625. The zero-order chi connectivity index (χ0) is 8.53. The van der Waals surface area contributed by atoms with Crippen LogP contribution in [0.3, 0.4) is 0 Å². The van der Waals surface area contributed by atoms with Gasteiger partial charge in [-0.15, -0.1) is 6.58 Å². The van der Waals surface area contributed by atoms with Crippen LogP contribution in [0, 0.1) is 0 Å². The van der Waals surface area contributed by atoms with E-state index in [2.05, 4.69) is 18.8 Å². The van der Waals surface area contributed by atoms with Crippen molar-refractivity contribution in [1.29, 1.82) is 0 Å². The molecule has 0 aliphatic heterocycles. The van der Waals surface area contributed by atoms with Crippen LogP contribution in [-0.4, -0.2) is 18.3 Å². The van der Waals surface area contributed by atoms with Gasteiger partial charge in [0.2, 0.25) is 0 Å². The topological polar surface area (TPSA) is 21.3 Å². The Balaban J connectivity index is 3.15. The Morgan fingerprint density at radius 3 is 3.00 bits per heavy atom. The van der Waals surface area contributed by atoms with Crippen molar-refractivity contribution in [3.63, 3.8) is 0 Å². The van der Waals surface area contributed by atoms with Gasteiger partial charge in [0.1, 0.15) is 0 Å². The lowest BCUT2D eigenvalue weighted by atomic mass is 10.4. The third-order valence-electron chi connectivity index (χ3n) is 1.12. The summed E-state index contributed by atoms with van der Waals surface area (Å²) in [6.45, 7) is 7.05. The summed E-state index contributed by atoms with van der Waals surface area (Å²) >= 11 is 4.85. The maximum Gasteiger partial charge on any atom is 0.256 e. The number of rotatable bonds is 5. The predicted molar refractivity (Wildman–Crippen MR) is 51.7 cm³/mol. The number of ether oxygens (including phenoxy) is 1. The van der Waals surface area contributed by atoms with E-state index in [-0.39, 0.29) is 0 Å². The first kappa shape index (κ1) is 10.4. The lowest BCUT2D eigenvalue weighted by Gasteiger charge is -2.06. The van der Waals surface area contributed by atoms with Crippen LogP contribution < -0.4 is 5.32 Å². The highest BCUT2D eigenvalue weighted by molar-refractivity contribution is 7.80. The molecule has 2 nitrogen and oxygen atoms in total. The molecule has 0 aromatic heterocycles. The normalized spacial score (nSPS) is 8.82. The summed E-state index contributed by atoms with van der Waals surface area (Å²) in [5.41, 5.74) is 0. The van der Waals surface area contributed by atoms with E-state index < -0.39 is 0 Å². The standard InChI is InChI=1S/C8H15NOS/c1-3-5-7-10-8(11)9-6-4-2/h4H,2-3,5-7H2,1H3,(H,9,11). The van der Waals surface area contributed by atoms with Gasteiger partial charge >= 0.3 is 0 Å². The Morgan fingerprint density at radius 1 is 1.73 bits per heavy atom. The van der Waals surface area contributed by atoms with Crippen LogP contribution >= 0.6 is 12.2 Å². The van der Waals surface area contributed by atoms with Gasteiger partial charge in [0.15, 0.2) is 0 Å². The predicted octanol–water partition coefficient (Wildman–Crippen LogP) is 1.86. The van der Waals surface area contributed by atoms with E-state index in [0.717, 1.165) is 12.8 Å². The highest BCUT2D eigenvalue weighted by Gasteiger charge is 1.91. The molecule has 0 unspecified atom stereocenters. The third kappa shape index (κ3) is 7.33. The van der Waals surface area contributed by atoms with Gasteiger partial charge < -0.3 is 10.1 Å². The quantitative estimate of drug-likeness (QED) is 0.389. The van der Waals surface area contributed by atoms with Gasteiger partial charge in [-0.05, 0) is 18.6 Å². The molecule has 0 atom stereocenters. The molecule has 1 N–H and O–H groups in total. The van der Waals surface area contributed by atoms with E-state index >= 15 is 0 Å². The molecule has 11 heavy (non-hydrogen) atoms. The zero-order valence-corrected chi connectivity index (χ0v) is 7.75. The van der Waals surface area contributed by atoms with Gasteiger partial charge in [-0.25, -0.2) is 0 Å². The van der Waals surface area contributed by atoms with Gasteiger partial charge in [-0.3, -0.25) is 0 Å². The second-order valence-corrected chi connectivity index (χ2v) is 2.53. The van der Waals surface area contributed by atoms with Gasteiger partial charge in [0.25, 0.3) is 5.17 Å². The molecule has 0 aromatic carbocycles. The van der Waals surface area contributed by atoms with Crippen LogP contribution in [0.25, 0.3) is 0 Å². The number of thiocarbonyl (C=S) groups is 1. The second kappa shape index (κ2) is 7.54. The first-order valence-electron chi connectivity index (χ1n) is 3.82. The lowest BCUT2D eigenvalue weighted by Crippen LogP contribution is -2.24. The van der Waals surface area contributed by atoms with E-state index in [9.17, 15) is 0 Å². The molecule has 0 saturated carbocycles. The van der Waals surface area contributed by atoms with E-state index in [1.165, 1.54) is 0 Å². The van der Waals surface area contributed by atoms with Crippen molar-refractivity contribution in [3.05, 3.63) is 12.7 Å². The molecule has 3 heteroatoms. The van der Waals surface area contributed by atoms with Crippen molar-refractivity contribution >= 4 is 17.4 Å². The van der Waals surface area contributed by atoms with Crippen LogP contribution in [0.5, 0.6) is 0 Å². The molecule has 0 saturated heterocycles. The average Bonchev–Trinajstić information content (AvgIpc) is 2.01. The van der Waals surface area contributed by atoms with Crippen molar-refractivity contribution in [2.24, 2.45) is 0 Å². The third-order valence-corrected chi connectivity index (χ3v) is 1.38. The van der Waals surface area contributed by atoms with Gasteiger partial charge in [0.05, 0.1) is 6.61 Å². The Morgan fingerprint density at radius 2 is 2.45 bits per heavy atom. The van der Waals surface area contributed by atoms with Crippen molar-refractivity contribution in [2.75, 3.05) is 13.2 Å². The smallest absolute Gasteiger partial charge is 0.256 e. The second-order valence-electron chi connectivity index (χ2n) is 2.16. The molecule has 0 fully saturated rings. The minimum absolute atomic E-state index is 0.471. The van der Waals surface area contributed by atoms with E-state index in [4.69, 9.17) is 17.0 Å². The van der Waals surface area contributed by atoms with Crippen LogP contribution in [0.4, 0.5) is 0 Å². The Labute approximate surface area is 73.6 Å². The number of nitrogens with one attached hydrogen (secondary N) is 1. The lowest BCUT2D eigenvalue weighted by molar-refractivity contribution is 0.292. The van der Waals surface area contributed by atoms with Crippen molar-refractivity contribution in [3.8, 4) is 0 Å². The SMILES string of the molecule is C=CCNC(=S)OCCCC. The molecule has 0 aromatic rings. The van der Waals surface area contributed by atoms with Crippen molar-refractivity contribution in [2.45, 2.75) is 19.8 Å². The molecule has 64 valence electrons. The average molecular weight is 173 g/mol. The fourth-order valence-electron chi connectivity index (χ4n) is 0.516. The molecule has 0 bridgehead atoms. The summed E-state index contributed by atoms with van der Waals surface area (Å²) in [7, 11) is 0. The first-order chi connectivity index (χ1) is 5.31. The van der Waals surface area contributed by atoms with Gasteiger partial charge in [0, 0.05) is 6.54 Å². The Bertz CT molecular complexity index is 125. The molecule has 0 aliphatic carbocycles. The fourth-order valence-corrected chi connectivity index (χ4v) is 0.682. The monoisotopic (exact) mass is 173 g/mol.